The molecule has 1 aliphatic rings. The molecule has 154 valence electrons. The van der Waals surface area contributed by atoms with Crippen LogP contribution in [0.3, 0.4) is 0 Å². The highest BCUT2D eigenvalue weighted by molar-refractivity contribution is 5.98. The lowest BCUT2D eigenvalue weighted by Crippen LogP contribution is -2.33. The largest absolute Gasteiger partial charge is 0.507 e. The highest BCUT2D eigenvalue weighted by Crippen LogP contribution is 2.40. The van der Waals surface area contributed by atoms with Crippen molar-refractivity contribution in [3.8, 4) is 17.2 Å². The van der Waals surface area contributed by atoms with E-state index in [1.54, 1.807) is 6.92 Å². The average Bonchev–Trinajstić information content (AvgIpc) is 2.65. The van der Waals surface area contributed by atoms with Crippen LogP contribution in [-0.2, 0) is 9.53 Å². The maximum absolute atomic E-state index is 12.7. The number of ketones is 1. The molecule has 28 heavy (non-hydrogen) atoms. The molecule has 1 aromatic carbocycles. The second-order valence-corrected chi connectivity index (χ2v) is 6.64. The molecule has 0 aliphatic carbocycles. The van der Waals surface area contributed by atoms with Crippen LogP contribution in [0.2, 0.25) is 0 Å². The fourth-order valence-corrected chi connectivity index (χ4v) is 3.06. The van der Waals surface area contributed by atoms with E-state index in [-0.39, 0.29) is 41.2 Å². The van der Waals surface area contributed by atoms with Gasteiger partial charge in [-0.1, -0.05) is 12.2 Å². The number of carbonyl (C=O) groups is 2. The summed E-state index contributed by atoms with van der Waals surface area (Å²) in [5.41, 5.74) is 0.116. The molecule has 8 heteroatoms. The summed E-state index contributed by atoms with van der Waals surface area (Å²) in [5.74, 6) is -1.13. The summed E-state index contributed by atoms with van der Waals surface area (Å²) in [6.45, 7) is 1.67. The highest BCUT2D eigenvalue weighted by Gasteiger charge is 2.27. The van der Waals surface area contributed by atoms with E-state index in [0.717, 1.165) is 0 Å². The lowest BCUT2D eigenvalue weighted by atomic mass is 9.99. The number of ether oxygens (including phenoxy) is 3. The van der Waals surface area contributed by atoms with Crippen LogP contribution in [0.4, 0.5) is 0 Å². The summed E-state index contributed by atoms with van der Waals surface area (Å²) in [4.78, 5) is 24.7. The molecule has 8 nitrogen and oxygen atoms in total. The number of fused-ring (bicyclic) bond motifs is 1. The Morgan fingerprint density at radius 3 is 2.54 bits per heavy atom. The molecule has 2 rings (SSSR count). The second-order valence-electron chi connectivity index (χ2n) is 6.64. The number of rotatable bonds is 2. The third kappa shape index (κ3) is 4.82. The first-order chi connectivity index (χ1) is 13.3. The number of methoxy groups -OCH3 is 2. The molecule has 0 fully saturated rings. The number of aliphatic hydroxyl groups excluding tert-OH is 2. The van der Waals surface area contributed by atoms with Crippen molar-refractivity contribution in [3.05, 3.63) is 23.3 Å². The summed E-state index contributed by atoms with van der Waals surface area (Å²) >= 11 is 0. The van der Waals surface area contributed by atoms with Crippen LogP contribution in [0.5, 0.6) is 17.2 Å². The molecule has 1 aromatic rings. The lowest BCUT2D eigenvalue weighted by molar-refractivity contribution is -0.132. The summed E-state index contributed by atoms with van der Waals surface area (Å²) < 4.78 is 15.9. The van der Waals surface area contributed by atoms with Gasteiger partial charge in [0.05, 0.1) is 26.4 Å². The van der Waals surface area contributed by atoms with E-state index >= 15 is 0 Å². The average molecular weight is 394 g/mol. The van der Waals surface area contributed by atoms with Crippen LogP contribution >= 0.6 is 0 Å². The highest BCUT2D eigenvalue weighted by atomic mass is 16.5. The topological polar surface area (TPSA) is 123 Å². The molecule has 0 radical (unpaired) electrons. The Balaban J connectivity index is 2.55. The van der Waals surface area contributed by atoms with E-state index in [1.807, 2.05) is 0 Å². The maximum Gasteiger partial charge on any atom is 0.342 e. The molecule has 3 atom stereocenters. The van der Waals surface area contributed by atoms with Gasteiger partial charge in [0.15, 0.2) is 17.3 Å². The molecule has 0 spiro atoms. The zero-order valence-electron chi connectivity index (χ0n) is 16.2. The Morgan fingerprint density at radius 1 is 1.18 bits per heavy atom. The molecule has 1 heterocycles. The molecule has 0 bridgehead atoms. The van der Waals surface area contributed by atoms with Gasteiger partial charge in [0.25, 0.3) is 0 Å². The number of cyclic esters (lactones) is 1. The fourth-order valence-electron chi connectivity index (χ4n) is 3.06. The molecule has 3 N–H and O–H groups in total. The standard InChI is InChI=1S/C20H26O8/c1-11-6-4-8-13(21)18(24)14(22)9-5-7-12-17(20(25)28-11)15(23)10-16(26-2)19(12)27-3/h5,7,10-11,14,18,22-24H,4,6,8-9H2,1-3H3/t11-,14+,18-/m0/s1. The molecular formula is C20H26O8. The summed E-state index contributed by atoms with van der Waals surface area (Å²) in [7, 11) is 2.78. The van der Waals surface area contributed by atoms with E-state index in [9.17, 15) is 24.9 Å². The lowest BCUT2D eigenvalue weighted by Gasteiger charge is -2.20. The van der Waals surface area contributed by atoms with Crippen molar-refractivity contribution in [2.45, 2.75) is 50.9 Å². The van der Waals surface area contributed by atoms with E-state index in [0.29, 0.717) is 12.8 Å². The number of aromatic hydroxyl groups is 1. The minimum absolute atomic E-state index is 0.0427. The van der Waals surface area contributed by atoms with Crippen molar-refractivity contribution >= 4 is 17.8 Å². The third-order valence-electron chi connectivity index (χ3n) is 4.59. The van der Waals surface area contributed by atoms with Crippen molar-refractivity contribution in [1.29, 1.82) is 0 Å². The van der Waals surface area contributed by atoms with Crippen molar-refractivity contribution in [1.82, 2.24) is 0 Å². The normalized spacial score (nSPS) is 24.1. The molecule has 0 saturated carbocycles. The maximum atomic E-state index is 12.7. The van der Waals surface area contributed by atoms with E-state index in [2.05, 4.69) is 0 Å². The number of carbonyl (C=O) groups excluding carboxylic acids is 2. The summed E-state index contributed by atoms with van der Waals surface area (Å²) in [6.07, 6.45) is 0.426. The number of esters is 1. The number of aliphatic hydroxyl groups is 2. The van der Waals surface area contributed by atoms with Gasteiger partial charge >= 0.3 is 5.97 Å². The number of Topliss-reactive ketones (excluding diaryl/α,β-unsaturated/α-hetero) is 1. The molecule has 0 amide bonds. The van der Waals surface area contributed by atoms with Gasteiger partial charge < -0.3 is 29.5 Å². The number of benzene rings is 1. The zero-order chi connectivity index (χ0) is 20.8. The predicted molar refractivity (Wildman–Crippen MR) is 101 cm³/mol. The smallest absolute Gasteiger partial charge is 0.342 e. The van der Waals surface area contributed by atoms with Gasteiger partial charge in [-0.05, 0) is 26.2 Å². The molecular weight excluding hydrogens is 368 g/mol. The van der Waals surface area contributed by atoms with Crippen LogP contribution in [0.15, 0.2) is 12.1 Å². The number of phenols is 1. The first-order valence-corrected chi connectivity index (χ1v) is 9.04. The Morgan fingerprint density at radius 2 is 1.89 bits per heavy atom. The SMILES string of the molecule is COc1cc(O)c2c(c1OC)C=CC[C@@H](O)[C@@H](O)C(=O)CCC[C@H](C)OC2=O. The van der Waals surface area contributed by atoms with Gasteiger partial charge in [0, 0.05) is 18.1 Å². The van der Waals surface area contributed by atoms with Crippen molar-refractivity contribution in [3.63, 3.8) is 0 Å². The van der Waals surface area contributed by atoms with Crippen LogP contribution in [0.25, 0.3) is 6.08 Å². The van der Waals surface area contributed by atoms with Gasteiger partial charge in [0.1, 0.15) is 17.4 Å². The van der Waals surface area contributed by atoms with Crippen LogP contribution in [-0.4, -0.2) is 59.6 Å². The molecule has 1 aliphatic heterocycles. The van der Waals surface area contributed by atoms with Crippen LogP contribution in [0.1, 0.15) is 48.5 Å². The Bertz CT molecular complexity index is 755. The van der Waals surface area contributed by atoms with E-state index < -0.39 is 30.1 Å². The molecule has 0 saturated heterocycles. The van der Waals surface area contributed by atoms with Crippen LogP contribution < -0.4 is 9.47 Å². The second kappa shape index (κ2) is 9.57. The first kappa shape index (κ1) is 21.7. The number of phenolic OH excluding ortho intramolecular Hbond substituents is 1. The zero-order valence-corrected chi connectivity index (χ0v) is 16.2. The van der Waals surface area contributed by atoms with Crippen LogP contribution in [0, 0.1) is 0 Å². The van der Waals surface area contributed by atoms with Gasteiger partial charge in [-0.3, -0.25) is 4.79 Å². The van der Waals surface area contributed by atoms with Gasteiger partial charge in [0.2, 0.25) is 0 Å². The monoisotopic (exact) mass is 394 g/mol. The van der Waals surface area contributed by atoms with E-state index in [4.69, 9.17) is 14.2 Å². The van der Waals surface area contributed by atoms with Gasteiger partial charge in [-0.25, -0.2) is 4.79 Å². The quantitative estimate of drug-likeness (QED) is 0.650. The first-order valence-electron chi connectivity index (χ1n) is 9.04. The minimum Gasteiger partial charge on any atom is -0.507 e. The molecule has 0 aromatic heterocycles. The minimum atomic E-state index is -1.49. The Labute approximate surface area is 163 Å². The number of hydrogen-bond acceptors (Lipinski definition) is 8. The Kier molecular flexibility index (Phi) is 7.42. The molecule has 0 unspecified atom stereocenters. The Hall–Kier alpha value is -2.58. The van der Waals surface area contributed by atoms with Crippen molar-refractivity contribution in [2.24, 2.45) is 0 Å². The fraction of sp³-hybridized carbons (Fsp3) is 0.500. The third-order valence-corrected chi connectivity index (χ3v) is 4.59. The number of hydrogen-bond donors (Lipinski definition) is 3. The summed E-state index contributed by atoms with van der Waals surface area (Å²) in [5, 5.41) is 30.4. The van der Waals surface area contributed by atoms with Gasteiger partial charge in [-0.2, -0.15) is 0 Å². The summed E-state index contributed by atoms with van der Waals surface area (Å²) in [6, 6.07) is 1.26. The van der Waals surface area contributed by atoms with Crippen molar-refractivity contribution < 1.29 is 39.1 Å². The van der Waals surface area contributed by atoms with Crippen molar-refractivity contribution in [2.75, 3.05) is 14.2 Å². The van der Waals surface area contributed by atoms with Gasteiger partial charge in [-0.15, -0.1) is 0 Å². The van der Waals surface area contributed by atoms with E-state index in [1.165, 1.54) is 32.4 Å². The predicted octanol–water partition coefficient (Wildman–Crippen LogP) is 1.83.